The van der Waals surface area contributed by atoms with Crippen LogP contribution in [0.15, 0.2) is 12.3 Å². The molecule has 1 unspecified atom stereocenters. The maximum Gasteiger partial charge on any atom is 0.215 e. The van der Waals surface area contributed by atoms with Gasteiger partial charge in [-0.2, -0.15) is 0 Å². The van der Waals surface area contributed by atoms with Crippen molar-refractivity contribution in [3.63, 3.8) is 0 Å². The Hall–Kier alpha value is -1.09. The molecule has 0 aliphatic carbocycles. The highest BCUT2D eigenvalue weighted by Crippen LogP contribution is 2.24. The van der Waals surface area contributed by atoms with Crippen LogP contribution in [0.5, 0.6) is 5.88 Å². The van der Waals surface area contributed by atoms with Crippen LogP contribution >= 0.6 is 0 Å². The Labute approximate surface area is 84.5 Å². The van der Waals surface area contributed by atoms with Gasteiger partial charge in [0.05, 0.1) is 7.11 Å². The van der Waals surface area contributed by atoms with E-state index in [0.717, 1.165) is 24.5 Å². The van der Waals surface area contributed by atoms with Gasteiger partial charge in [0.15, 0.2) is 0 Å². The van der Waals surface area contributed by atoms with Crippen LogP contribution in [0.1, 0.15) is 23.5 Å². The van der Waals surface area contributed by atoms with Crippen molar-refractivity contribution in [3.8, 4) is 5.88 Å². The molecule has 0 spiro atoms. The second kappa shape index (κ2) is 3.96. The largest absolute Gasteiger partial charge is 0.481 e. The quantitative estimate of drug-likeness (QED) is 0.770. The van der Waals surface area contributed by atoms with Crippen molar-refractivity contribution in [1.29, 1.82) is 0 Å². The minimum atomic E-state index is 0.632. The summed E-state index contributed by atoms with van der Waals surface area (Å²) in [4.78, 5) is 4.29. The maximum atomic E-state index is 5.14. The molecule has 1 aliphatic heterocycles. The summed E-state index contributed by atoms with van der Waals surface area (Å²) in [5, 5.41) is 3.36. The summed E-state index contributed by atoms with van der Waals surface area (Å²) in [6, 6.07) is 2.18. The van der Waals surface area contributed by atoms with Crippen molar-refractivity contribution in [2.45, 2.75) is 19.3 Å². The van der Waals surface area contributed by atoms with Crippen LogP contribution in [0.3, 0.4) is 0 Å². The Morgan fingerprint density at radius 2 is 2.43 bits per heavy atom. The smallest absolute Gasteiger partial charge is 0.215 e. The molecular weight excluding hydrogens is 176 g/mol. The second-order valence-electron chi connectivity index (χ2n) is 3.78. The zero-order valence-corrected chi connectivity index (χ0v) is 8.71. The molecular formula is C11H16N2O. The van der Waals surface area contributed by atoms with Gasteiger partial charge in [0, 0.05) is 18.3 Å². The topological polar surface area (TPSA) is 34.1 Å². The summed E-state index contributed by atoms with van der Waals surface area (Å²) in [5.74, 6) is 1.37. The van der Waals surface area contributed by atoms with E-state index < -0.39 is 0 Å². The molecule has 3 nitrogen and oxygen atoms in total. The average Bonchev–Trinajstić information content (AvgIpc) is 2.70. The van der Waals surface area contributed by atoms with Crippen molar-refractivity contribution in [3.05, 3.63) is 23.4 Å². The molecule has 2 heterocycles. The van der Waals surface area contributed by atoms with Gasteiger partial charge >= 0.3 is 0 Å². The molecule has 1 N–H and O–H groups in total. The van der Waals surface area contributed by atoms with Crippen LogP contribution in [0.2, 0.25) is 0 Å². The predicted octanol–water partition coefficient (Wildman–Crippen LogP) is 1.48. The van der Waals surface area contributed by atoms with Crippen molar-refractivity contribution < 1.29 is 4.74 Å². The molecule has 76 valence electrons. The van der Waals surface area contributed by atoms with E-state index in [2.05, 4.69) is 16.4 Å². The third kappa shape index (κ3) is 1.73. The number of ether oxygens (including phenoxy) is 1. The lowest BCUT2D eigenvalue weighted by atomic mass is 9.99. The van der Waals surface area contributed by atoms with Gasteiger partial charge < -0.3 is 10.1 Å². The normalized spacial score (nSPS) is 21.1. The lowest BCUT2D eigenvalue weighted by Crippen LogP contribution is -2.08. The summed E-state index contributed by atoms with van der Waals surface area (Å²) in [5.41, 5.74) is 2.45. The molecule has 1 aromatic heterocycles. The highest BCUT2D eigenvalue weighted by molar-refractivity contribution is 5.30. The van der Waals surface area contributed by atoms with Crippen LogP contribution in [-0.4, -0.2) is 25.2 Å². The molecule has 0 amide bonds. The molecule has 0 aromatic carbocycles. The summed E-state index contributed by atoms with van der Waals surface area (Å²) in [6.45, 7) is 4.24. The van der Waals surface area contributed by atoms with Crippen molar-refractivity contribution in [2.75, 3.05) is 20.2 Å². The highest BCUT2D eigenvalue weighted by atomic mass is 16.5. The van der Waals surface area contributed by atoms with E-state index in [9.17, 15) is 0 Å². The van der Waals surface area contributed by atoms with Crippen LogP contribution in [0.25, 0.3) is 0 Å². The number of pyridine rings is 1. The Kier molecular flexibility index (Phi) is 2.68. The van der Waals surface area contributed by atoms with E-state index in [1.807, 2.05) is 13.1 Å². The molecule has 0 radical (unpaired) electrons. The van der Waals surface area contributed by atoms with Crippen LogP contribution in [0, 0.1) is 6.92 Å². The fourth-order valence-electron chi connectivity index (χ4n) is 1.96. The van der Waals surface area contributed by atoms with Gasteiger partial charge in [0.1, 0.15) is 0 Å². The molecule has 1 saturated heterocycles. The first-order valence-electron chi connectivity index (χ1n) is 5.02. The molecule has 0 saturated carbocycles. The Balaban J connectivity index is 2.23. The number of hydrogen-bond donors (Lipinski definition) is 1. The van der Waals surface area contributed by atoms with Gasteiger partial charge in [-0.3, -0.25) is 0 Å². The number of rotatable bonds is 2. The Morgan fingerprint density at radius 3 is 3.00 bits per heavy atom. The number of hydrogen-bond acceptors (Lipinski definition) is 3. The summed E-state index contributed by atoms with van der Waals surface area (Å²) < 4.78 is 5.14. The van der Waals surface area contributed by atoms with E-state index in [-0.39, 0.29) is 0 Å². The molecule has 0 bridgehead atoms. The van der Waals surface area contributed by atoms with Crippen molar-refractivity contribution in [2.24, 2.45) is 0 Å². The first-order valence-corrected chi connectivity index (χ1v) is 5.02. The second-order valence-corrected chi connectivity index (χ2v) is 3.78. The fourth-order valence-corrected chi connectivity index (χ4v) is 1.96. The molecule has 14 heavy (non-hydrogen) atoms. The highest BCUT2D eigenvalue weighted by Gasteiger charge is 2.17. The molecule has 1 aliphatic rings. The summed E-state index contributed by atoms with van der Waals surface area (Å²) in [6.07, 6.45) is 3.15. The lowest BCUT2D eigenvalue weighted by Gasteiger charge is -2.10. The minimum Gasteiger partial charge on any atom is -0.481 e. The van der Waals surface area contributed by atoms with Gasteiger partial charge in [-0.15, -0.1) is 0 Å². The van der Waals surface area contributed by atoms with E-state index in [1.54, 1.807) is 7.11 Å². The first-order chi connectivity index (χ1) is 6.81. The predicted molar refractivity (Wildman–Crippen MR) is 55.8 cm³/mol. The van der Waals surface area contributed by atoms with Crippen LogP contribution in [0.4, 0.5) is 0 Å². The van der Waals surface area contributed by atoms with Gasteiger partial charge in [-0.05, 0) is 37.4 Å². The van der Waals surface area contributed by atoms with E-state index in [0.29, 0.717) is 5.92 Å². The third-order valence-corrected chi connectivity index (χ3v) is 2.78. The first kappa shape index (κ1) is 9.46. The van der Waals surface area contributed by atoms with Gasteiger partial charge in [0.25, 0.3) is 0 Å². The Morgan fingerprint density at radius 1 is 1.57 bits per heavy atom. The van der Waals surface area contributed by atoms with E-state index in [1.165, 1.54) is 12.0 Å². The maximum absolute atomic E-state index is 5.14. The average molecular weight is 192 g/mol. The van der Waals surface area contributed by atoms with Crippen molar-refractivity contribution in [1.82, 2.24) is 10.3 Å². The van der Waals surface area contributed by atoms with Crippen LogP contribution < -0.4 is 10.1 Å². The van der Waals surface area contributed by atoms with Gasteiger partial charge in [-0.1, -0.05) is 0 Å². The van der Waals surface area contributed by atoms with E-state index in [4.69, 9.17) is 4.74 Å². The standard InChI is InChI=1S/C11H16N2O/c1-8-5-10(7-13-11(8)14-2)9-3-4-12-6-9/h5,7,9,12H,3-4,6H2,1-2H3. The van der Waals surface area contributed by atoms with Gasteiger partial charge in [-0.25, -0.2) is 4.98 Å². The molecule has 1 aromatic rings. The van der Waals surface area contributed by atoms with Crippen molar-refractivity contribution >= 4 is 0 Å². The number of aromatic nitrogens is 1. The fraction of sp³-hybridized carbons (Fsp3) is 0.545. The molecule has 3 heteroatoms. The molecule has 2 rings (SSSR count). The minimum absolute atomic E-state index is 0.632. The number of nitrogens with zero attached hydrogens (tertiary/aromatic N) is 1. The Bertz CT molecular complexity index is 319. The summed E-state index contributed by atoms with van der Waals surface area (Å²) in [7, 11) is 1.66. The monoisotopic (exact) mass is 192 g/mol. The zero-order chi connectivity index (χ0) is 9.97. The lowest BCUT2D eigenvalue weighted by molar-refractivity contribution is 0.394. The van der Waals surface area contributed by atoms with Gasteiger partial charge in [0.2, 0.25) is 5.88 Å². The number of methoxy groups -OCH3 is 1. The SMILES string of the molecule is COc1ncc(C2CCNC2)cc1C. The third-order valence-electron chi connectivity index (χ3n) is 2.78. The van der Waals surface area contributed by atoms with Crippen LogP contribution in [-0.2, 0) is 0 Å². The molecule has 1 fully saturated rings. The number of nitrogens with one attached hydrogen (secondary N) is 1. The summed E-state index contributed by atoms with van der Waals surface area (Å²) >= 11 is 0. The number of aryl methyl sites for hydroxylation is 1. The molecule has 1 atom stereocenters. The zero-order valence-electron chi connectivity index (χ0n) is 8.71. The van der Waals surface area contributed by atoms with E-state index >= 15 is 0 Å².